The first kappa shape index (κ1) is 10.4. The lowest BCUT2D eigenvalue weighted by Gasteiger charge is -1.96. The van der Waals surface area contributed by atoms with E-state index in [-0.39, 0.29) is 5.69 Å². The van der Waals surface area contributed by atoms with Gasteiger partial charge < -0.3 is 14.7 Å². The van der Waals surface area contributed by atoms with Crippen molar-refractivity contribution in [3.05, 3.63) is 28.7 Å². The number of aromatic amines is 2. The van der Waals surface area contributed by atoms with Crippen molar-refractivity contribution in [2.75, 3.05) is 7.11 Å². The molecule has 0 amide bonds. The molecule has 0 bridgehead atoms. The van der Waals surface area contributed by atoms with Crippen LogP contribution in [0.1, 0.15) is 13.8 Å². The SMILES string of the molecule is CC.COc1ccc2[nH]c(=O)[nH]c2c1. The minimum Gasteiger partial charge on any atom is -0.497 e. The van der Waals surface area contributed by atoms with E-state index in [4.69, 9.17) is 4.74 Å². The molecule has 1 aromatic carbocycles. The molecule has 0 saturated heterocycles. The van der Waals surface area contributed by atoms with Gasteiger partial charge in [0.25, 0.3) is 0 Å². The van der Waals surface area contributed by atoms with Crippen LogP contribution in [0.4, 0.5) is 0 Å². The molecule has 2 aromatic rings. The highest BCUT2D eigenvalue weighted by atomic mass is 16.5. The second-order valence-corrected chi connectivity index (χ2v) is 2.49. The van der Waals surface area contributed by atoms with E-state index in [2.05, 4.69) is 9.97 Å². The Bertz CT molecular complexity index is 456. The van der Waals surface area contributed by atoms with Gasteiger partial charge in [-0.1, -0.05) is 13.8 Å². The summed E-state index contributed by atoms with van der Waals surface area (Å²) in [6.07, 6.45) is 0. The summed E-state index contributed by atoms with van der Waals surface area (Å²) in [7, 11) is 1.59. The molecule has 4 nitrogen and oxygen atoms in total. The van der Waals surface area contributed by atoms with Crippen LogP contribution < -0.4 is 10.4 Å². The number of aromatic nitrogens is 2. The van der Waals surface area contributed by atoms with Gasteiger partial charge in [0.05, 0.1) is 18.1 Å². The van der Waals surface area contributed by atoms with Gasteiger partial charge in [0, 0.05) is 6.07 Å². The van der Waals surface area contributed by atoms with Crippen molar-refractivity contribution in [3.63, 3.8) is 0 Å². The Morgan fingerprint density at radius 2 is 1.79 bits per heavy atom. The van der Waals surface area contributed by atoms with Gasteiger partial charge in [-0.05, 0) is 12.1 Å². The number of ether oxygens (including phenoxy) is 1. The maximum atomic E-state index is 10.8. The average molecular weight is 194 g/mol. The fourth-order valence-electron chi connectivity index (χ4n) is 1.14. The highest BCUT2D eigenvalue weighted by molar-refractivity contribution is 5.75. The van der Waals surface area contributed by atoms with E-state index in [1.165, 1.54) is 0 Å². The van der Waals surface area contributed by atoms with Crippen molar-refractivity contribution < 1.29 is 4.74 Å². The number of methoxy groups -OCH3 is 1. The smallest absolute Gasteiger partial charge is 0.323 e. The van der Waals surface area contributed by atoms with Crippen LogP contribution >= 0.6 is 0 Å². The summed E-state index contributed by atoms with van der Waals surface area (Å²) >= 11 is 0. The molecular formula is C10H14N2O2. The lowest BCUT2D eigenvalue weighted by Crippen LogP contribution is -1.99. The molecule has 0 radical (unpaired) electrons. The third-order valence-electron chi connectivity index (χ3n) is 1.72. The Kier molecular flexibility index (Phi) is 3.34. The largest absolute Gasteiger partial charge is 0.497 e. The highest BCUT2D eigenvalue weighted by Gasteiger charge is 1.98. The number of imidazole rings is 1. The third-order valence-corrected chi connectivity index (χ3v) is 1.72. The predicted molar refractivity (Wildman–Crippen MR) is 56.8 cm³/mol. The Balaban J connectivity index is 0.000000461. The molecule has 0 aliphatic rings. The van der Waals surface area contributed by atoms with Crippen LogP contribution in [0.3, 0.4) is 0 Å². The molecule has 0 saturated carbocycles. The molecule has 0 fully saturated rings. The molecule has 1 heterocycles. The minimum absolute atomic E-state index is 0.196. The number of H-pyrrole nitrogens is 2. The lowest BCUT2D eigenvalue weighted by molar-refractivity contribution is 0.415. The summed E-state index contributed by atoms with van der Waals surface area (Å²) in [6, 6.07) is 5.37. The molecule has 2 rings (SSSR count). The van der Waals surface area contributed by atoms with Crippen molar-refractivity contribution in [1.29, 1.82) is 0 Å². The van der Waals surface area contributed by atoms with Crippen molar-refractivity contribution in [2.45, 2.75) is 13.8 Å². The molecule has 0 aliphatic heterocycles. The average Bonchev–Trinajstić information content (AvgIpc) is 2.59. The summed E-state index contributed by atoms with van der Waals surface area (Å²) in [5.74, 6) is 0.734. The van der Waals surface area contributed by atoms with Crippen molar-refractivity contribution in [2.24, 2.45) is 0 Å². The summed E-state index contributed by atoms with van der Waals surface area (Å²) in [6.45, 7) is 4.00. The van der Waals surface area contributed by atoms with Crippen LogP contribution in [0, 0.1) is 0 Å². The number of nitrogens with one attached hydrogen (secondary N) is 2. The maximum Gasteiger partial charge on any atom is 0.323 e. The van der Waals surface area contributed by atoms with Gasteiger partial charge in [0.2, 0.25) is 0 Å². The molecular weight excluding hydrogens is 180 g/mol. The van der Waals surface area contributed by atoms with E-state index in [0.717, 1.165) is 16.8 Å². The Morgan fingerprint density at radius 1 is 1.14 bits per heavy atom. The monoisotopic (exact) mass is 194 g/mol. The van der Waals surface area contributed by atoms with E-state index in [0.29, 0.717) is 0 Å². The van der Waals surface area contributed by atoms with E-state index in [1.807, 2.05) is 13.8 Å². The Morgan fingerprint density at radius 3 is 2.43 bits per heavy atom. The number of rotatable bonds is 1. The Hall–Kier alpha value is -1.71. The van der Waals surface area contributed by atoms with Gasteiger partial charge in [-0.2, -0.15) is 0 Å². The molecule has 0 atom stereocenters. The van der Waals surface area contributed by atoms with Crippen LogP contribution in [0.2, 0.25) is 0 Å². The van der Waals surface area contributed by atoms with Crippen LogP contribution in [-0.2, 0) is 0 Å². The minimum atomic E-state index is -0.196. The van der Waals surface area contributed by atoms with Crippen LogP contribution in [0.25, 0.3) is 11.0 Å². The summed E-state index contributed by atoms with van der Waals surface area (Å²) < 4.78 is 5.00. The molecule has 0 aliphatic carbocycles. The first-order valence-corrected chi connectivity index (χ1v) is 4.55. The summed E-state index contributed by atoms with van der Waals surface area (Å²) in [5, 5.41) is 0. The molecule has 0 spiro atoms. The highest BCUT2D eigenvalue weighted by Crippen LogP contribution is 2.15. The number of hydrogen-bond acceptors (Lipinski definition) is 2. The Labute approximate surface area is 81.9 Å². The molecule has 76 valence electrons. The number of hydrogen-bond donors (Lipinski definition) is 2. The first-order valence-electron chi connectivity index (χ1n) is 4.55. The normalized spacial score (nSPS) is 9.36. The van der Waals surface area contributed by atoms with E-state index < -0.39 is 0 Å². The van der Waals surface area contributed by atoms with Crippen molar-refractivity contribution in [1.82, 2.24) is 9.97 Å². The van der Waals surface area contributed by atoms with Gasteiger partial charge in [0.15, 0.2) is 0 Å². The third kappa shape index (κ3) is 1.96. The van der Waals surface area contributed by atoms with Gasteiger partial charge in [-0.25, -0.2) is 4.79 Å². The standard InChI is InChI=1S/C8H8N2O2.C2H6/c1-12-5-2-3-6-7(4-5)10-8(11)9-6;1-2/h2-4H,1H3,(H2,9,10,11);1-2H3. The molecule has 4 heteroatoms. The maximum absolute atomic E-state index is 10.8. The molecule has 1 aromatic heterocycles. The quantitative estimate of drug-likeness (QED) is 0.728. The van der Waals surface area contributed by atoms with Crippen LogP contribution in [0.15, 0.2) is 23.0 Å². The predicted octanol–water partition coefficient (Wildman–Crippen LogP) is 1.89. The van der Waals surface area contributed by atoms with Gasteiger partial charge in [0.1, 0.15) is 5.75 Å². The van der Waals surface area contributed by atoms with Crippen molar-refractivity contribution in [3.8, 4) is 5.75 Å². The summed E-state index contributed by atoms with van der Waals surface area (Å²) in [4.78, 5) is 16.1. The summed E-state index contributed by atoms with van der Waals surface area (Å²) in [5.41, 5.74) is 1.36. The number of benzene rings is 1. The second kappa shape index (κ2) is 4.50. The van der Waals surface area contributed by atoms with Gasteiger partial charge >= 0.3 is 5.69 Å². The molecule has 2 N–H and O–H groups in total. The van der Waals surface area contributed by atoms with E-state index in [9.17, 15) is 4.79 Å². The van der Waals surface area contributed by atoms with Crippen molar-refractivity contribution >= 4 is 11.0 Å². The zero-order valence-corrected chi connectivity index (χ0v) is 8.55. The molecule has 0 unspecified atom stereocenters. The van der Waals surface area contributed by atoms with Crippen LogP contribution in [0.5, 0.6) is 5.75 Å². The van der Waals surface area contributed by atoms with Gasteiger partial charge in [-0.15, -0.1) is 0 Å². The fraction of sp³-hybridized carbons (Fsp3) is 0.300. The van der Waals surface area contributed by atoms with Crippen LogP contribution in [-0.4, -0.2) is 17.1 Å². The van der Waals surface area contributed by atoms with E-state index >= 15 is 0 Å². The second-order valence-electron chi connectivity index (χ2n) is 2.49. The zero-order chi connectivity index (χ0) is 10.6. The fourth-order valence-corrected chi connectivity index (χ4v) is 1.14. The van der Waals surface area contributed by atoms with E-state index in [1.54, 1.807) is 25.3 Å². The lowest BCUT2D eigenvalue weighted by atomic mass is 10.3. The topological polar surface area (TPSA) is 57.9 Å². The van der Waals surface area contributed by atoms with Gasteiger partial charge in [-0.3, -0.25) is 0 Å². The zero-order valence-electron chi connectivity index (χ0n) is 8.55. The molecule has 14 heavy (non-hydrogen) atoms. The number of fused-ring (bicyclic) bond motifs is 1. The first-order chi connectivity index (χ1) is 6.79.